The lowest BCUT2D eigenvalue weighted by Crippen LogP contribution is -2.44. The van der Waals surface area contributed by atoms with E-state index in [1.165, 1.54) is 12.1 Å². The number of hydrogen-bond donors (Lipinski definition) is 0. The Morgan fingerprint density at radius 1 is 1.44 bits per heavy atom. The van der Waals surface area contributed by atoms with Gasteiger partial charge in [-0.1, -0.05) is 6.92 Å². The van der Waals surface area contributed by atoms with Crippen LogP contribution in [-0.2, 0) is 15.5 Å². The molecule has 0 aromatic heterocycles. The largest absolute Gasteiger partial charge is 0.375 e. The first-order valence-electron chi connectivity index (χ1n) is 6.17. The molecule has 1 aliphatic rings. The Hall–Kier alpha value is -0.780. The predicted molar refractivity (Wildman–Crippen MR) is 69.5 cm³/mol. The molecule has 0 bridgehead atoms. The van der Waals surface area contributed by atoms with Crippen LogP contribution >= 0.6 is 0 Å². The minimum Gasteiger partial charge on any atom is -0.375 e. The van der Waals surface area contributed by atoms with E-state index in [2.05, 4.69) is 11.8 Å². The van der Waals surface area contributed by atoms with Gasteiger partial charge in [-0.05, 0) is 30.8 Å². The average Bonchev–Trinajstić information content (AvgIpc) is 2.39. The van der Waals surface area contributed by atoms with E-state index in [1.54, 1.807) is 12.1 Å². The summed E-state index contributed by atoms with van der Waals surface area (Å²) in [7, 11) is -1.12. The maximum absolute atomic E-state index is 12.8. The second-order valence-electron chi connectivity index (χ2n) is 4.35. The van der Waals surface area contributed by atoms with Crippen molar-refractivity contribution in [1.82, 2.24) is 4.90 Å². The minimum absolute atomic E-state index is 0.00425. The maximum Gasteiger partial charge on any atom is 0.123 e. The van der Waals surface area contributed by atoms with Gasteiger partial charge >= 0.3 is 0 Å². The summed E-state index contributed by atoms with van der Waals surface area (Å²) in [6.45, 7) is 5.56. The summed E-state index contributed by atoms with van der Waals surface area (Å²) >= 11 is 0. The third-order valence-electron chi connectivity index (χ3n) is 3.08. The third-order valence-corrected chi connectivity index (χ3v) is 4.56. The minimum atomic E-state index is -1.12. The van der Waals surface area contributed by atoms with Crippen molar-refractivity contribution in [2.24, 2.45) is 0 Å². The van der Waals surface area contributed by atoms with Gasteiger partial charge in [-0.3, -0.25) is 9.11 Å². The van der Waals surface area contributed by atoms with Crippen LogP contribution in [0, 0.1) is 5.82 Å². The molecule has 0 aliphatic carbocycles. The molecule has 3 nitrogen and oxygen atoms in total. The molecule has 0 spiro atoms. The molecule has 5 heteroatoms. The highest BCUT2D eigenvalue weighted by atomic mass is 32.2. The highest BCUT2D eigenvalue weighted by Gasteiger charge is 2.21. The van der Waals surface area contributed by atoms with E-state index in [0.29, 0.717) is 17.3 Å². The Labute approximate surface area is 109 Å². The van der Waals surface area contributed by atoms with E-state index in [-0.39, 0.29) is 11.9 Å². The van der Waals surface area contributed by atoms with E-state index in [9.17, 15) is 8.60 Å². The first-order chi connectivity index (χ1) is 8.69. The van der Waals surface area contributed by atoms with E-state index < -0.39 is 10.8 Å². The highest BCUT2D eigenvalue weighted by Crippen LogP contribution is 2.12. The Balaban J connectivity index is 1.92. The molecule has 0 N–H and O–H groups in total. The topological polar surface area (TPSA) is 29.5 Å². The van der Waals surface area contributed by atoms with Crippen LogP contribution in [-0.4, -0.2) is 47.2 Å². The molecule has 2 atom stereocenters. The SMILES string of the molecule is CCN1CCOC(CS(=O)c2ccc(F)cc2)C1. The van der Waals surface area contributed by atoms with E-state index in [0.717, 1.165) is 19.6 Å². The van der Waals surface area contributed by atoms with Gasteiger partial charge in [0.15, 0.2) is 0 Å². The maximum atomic E-state index is 12.8. The van der Waals surface area contributed by atoms with Gasteiger partial charge in [0.2, 0.25) is 0 Å². The van der Waals surface area contributed by atoms with Crippen LogP contribution in [0.3, 0.4) is 0 Å². The highest BCUT2D eigenvalue weighted by molar-refractivity contribution is 7.85. The zero-order valence-corrected chi connectivity index (χ0v) is 11.3. The smallest absolute Gasteiger partial charge is 0.123 e. The monoisotopic (exact) mass is 271 g/mol. The fraction of sp³-hybridized carbons (Fsp3) is 0.538. The lowest BCUT2D eigenvalue weighted by Gasteiger charge is -2.31. The molecule has 0 radical (unpaired) electrons. The molecule has 0 amide bonds. The van der Waals surface area contributed by atoms with Crippen molar-refractivity contribution in [2.75, 3.05) is 32.0 Å². The second kappa shape index (κ2) is 6.41. The van der Waals surface area contributed by atoms with Crippen molar-refractivity contribution in [2.45, 2.75) is 17.9 Å². The van der Waals surface area contributed by atoms with Gasteiger partial charge in [0, 0.05) is 18.0 Å². The number of likely N-dealkylation sites (N-methyl/N-ethyl adjacent to an activating group) is 1. The Morgan fingerprint density at radius 3 is 2.83 bits per heavy atom. The van der Waals surface area contributed by atoms with Gasteiger partial charge in [-0.2, -0.15) is 0 Å². The van der Waals surface area contributed by atoms with Crippen LogP contribution < -0.4 is 0 Å². The number of rotatable bonds is 4. The van der Waals surface area contributed by atoms with Crippen LogP contribution in [0.1, 0.15) is 6.92 Å². The van der Waals surface area contributed by atoms with Gasteiger partial charge < -0.3 is 4.74 Å². The van der Waals surface area contributed by atoms with Crippen molar-refractivity contribution in [1.29, 1.82) is 0 Å². The number of nitrogens with zero attached hydrogens (tertiary/aromatic N) is 1. The molecule has 1 aliphatic heterocycles. The number of ether oxygens (including phenoxy) is 1. The van der Waals surface area contributed by atoms with E-state index in [4.69, 9.17) is 4.74 Å². The Kier molecular flexibility index (Phi) is 4.86. The van der Waals surface area contributed by atoms with Crippen molar-refractivity contribution < 1.29 is 13.3 Å². The first-order valence-corrected chi connectivity index (χ1v) is 7.49. The quantitative estimate of drug-likeness (QED) is 0.834. The fourth-order valence-corrected chi connectivity index (χ4v) is 3.19. The van der Waals surface area contributed by atoms with Gasteiger partial charge in [0.05, 0.1) is 29.3 Å². The normalized spacial score (nSPS) is 22.9. The molecular formula is C13H18FNO2S. The lowest BCUT2D eigenvalue weighted by molar-refractivity contribution is -0.0141. The molecule has 18 heavy (non-hydrogen) atoms. The Morgan fingerprint density at radius 2 is 2.17 bits per heavy atom. The van der Waals surface area contributed by atoms with Gasteiger partial charge in [-0.25, -0.2) is 4.39 Å². The molecule has 1 aromatic rings. The zero-order valence-electron chi connectivity index (χ0n) is 10.5. The van der Waals surface area contributed by atoms with Crippen LogP contribution in [0.2, 0.25) is 0 Å². The molecule has 1 aromatic carbocycles. The third kappa shape index (κ3) is 3.60. The number of hydrogen-bond acceptors (Lipinski definition) is 3. The van der Waals surface area contributed by atoms with Crippen molar-refractivity contribution >= 4 is 10.8 Å². The fourth-order valence-electron chi connectivity index (χ4n) is 2.02. The van der Waals surface area contributed by atoms with Crippen molar-refractivity contribution in [3.8, 4) is 0 Å². The van der Waals surface area contributed by atoms with Crippen molar-refractivity contribution in [3.05, 3.63) is 30.1 Å². The summed E-state index contributed by atoms with van der Waals surface area (Å²) in [6.07, 6.45) is 0.00425. The zero-order chi connectivity index (χ0) is 13.0. The lowest BCUT2D eigenvalue weighted by atomic mass is 10.3. The molecule has 2 unspecified atom stereocenters. The van der Waals surface area contributed by atoms with Crippen LogP contribution in [0.15, 0.2) is 29.2 Å². The summed E-state index contributed by atoms with van der Waals surface area (Å²) in [5.74, 6) is 0.170. The predicted octanol–water partition coefficient (Wildman–Crippen LogP) is 1.65. The summed E-state index contributed by atoms with van der Waals surface area (Å²) in [5.41, 5.74) is 0. The second-order valence-corrected chi connectivity index (χ2v) is 5.85. The van der Waals surface area contributed by atoms with Gasteiger partial charge in [0.1, 0.15) is 5.82 Å². The molecular weight excluding hydrogens is 253 g/mol. The van der Waals surface area contributed by atoms with Gasteiger partial charge in [0.25, 0.3) is 0 Å². The number of morpholine rings is 1. The molecule has 0 saturated carbocycles. The Bertz CT molecular complexity index is 410. The van der Waals surface area contributed by atoms with E-state index >= 15 is 0 Å². The summed E-state index contributed by atoms with van der Waals surface area (Å²) in [5, 5.41) is 0. The summed E-state index contributed by atoms with van der Waals surface area (Å²) in [6, 6.07) is 5.83. The first kappa shape index (κ1) is 13.6. The van der Waals surface area contributed by atoms with Crippen LogP contribution in [0.5, 0.6) is 0 Å². The number of benzene rings is 1. The van der Waals surface area contributed by atoms with Gasteiger partial charge in [-0.15, -0.1) is 0 Å². The van der Waals surface area contributed by atoms with Crippen LogP contribution in [0.25, 0.3) is 0 Å². The molecule has 2 rings (SSSR count). The molecule has 1 saturated heterocycles. The molecule has 100 valence electrons. The average molecular weight is 271 g/mol. The summed E-state index contributed by atoms with van der Waals surface area (Å²) < 4.78 is 30.5. The van der Waals surface area contributed by atoms with Crippen LogP contribution in [0.4, 0.5) is 4.39 Å². The molecule has 1 fully saturated rings. The van der Waals surface area contributed by atoms with E-state index in [1.807, 2.05) is 0 Å². The standard InChI is InChI=1S/C13H18FNO2S/c1-2-15-7-8-17-12(9-15)10-18(16)13-5-3-11(14)4-6-13/h3-6,12H,2,7-10H2,1H3. The molecule has 1 heterocycles. The summed E-state index contributed by atoms with van der Waals surface area (Å²) in [4.78, 5) is 2.95. The van der Waals surface area contributed by atoms with Crippen molar-refractivity contribution in [3.63, 3.8) is 0 Å². The number of halogens is 1.